The van der Waals surface area contributed by atoms with Crippen LogP contribution in [0.15, 0.2) is 42.5 Å². The monoisotopic (exact) mass is 396 g/mol. The highest BCUT2D eigenvalue weighted by Crippen LogP contribution is 2.29. The van der Waals surface area contributed by atoms with E-state index in [4.69, 9.17) is 0 Å². The average molecular weight is 396 g/mol. The SMILES string of the molecule is CC(C)c1ccccc1N(CCC(=O)Nc1ccc(F)c(F)c1)S(C)(=O)=O. The van der Waals surface area contributed by atoms with Gasteiger partial charge in [0.2, 0.25) is 15.9 Å². The summed E-state index contributed by atoms with van der Waals surface area (Å²) in [6, 6.07) is 10.1. The fraction of sp³-hybridized carbons (Fsp3) is 0.316. The second-order valence-electron chi connectivity index (χ2n) is 6.48. The summed E-state index contributed by atoms with van der Waals surface area (Å²) in [4.78, 5) is 12.1. The van der Waals surface area contributed by atoms with Crippen LogP contribution in [0.5, 0.6) is 0 Å². The van der Waals surface area contributed by atoms with Gasteiger partial charge in [0.05, 0.1) is 11.9 Å². The molecule has 2 rings (SSSR count). The van der Waals surface area contributed by atoms with Gasteiger partial charge in [-0.3, -0.25) is 9.10 Å². The number of halogens is 2. The summed E-state index contributed by atoms with van der Waals surface area (Å²) in [6.45, 7) is 3.84. The van der Waals surface area contributed by atoms with Crippen molar-refractivity contribution in [3.63, 3.8) is 0 Å². The van der Waals surface area contributed by atoms with E-state index in [9.17, 15) is 22.0 Å². The van der Waals surface area contributed by atoms with Crippen LogP contribution in [-0.2, 0) is 14.8 Å². The molecule has 0 saturated heterocycles. The molecule has 0 unspecified atom stereocenters. The number of sulfonamides is 1. The fourth-order valence-corrected chi connectivity index (χ4v) is 3.61. The van der Waals surface area contributed by atoms with Crippen LogP contribution in [0, 0.1) is 11.6 Å². The molecule has 0 aliphatic carbocycles. The summed E-state index contributed by atoms with van der Waals surface area (Å²) in [5.74, 6) is -2.49. The number of anilines is 2. The summed E-state index contributed by atoms with van der Waals surface area (Å²) < 4.78 is 51.9. The molecule has 0 heterocycles. The van der Waals surface area contributed by atoms with Crippen LogP contribution >= 0.6 is 0 Å². The highest BCUT2D eigenvalue weighted by Gasteiger charge is 2.22. The zero-order chi connectivity index (χ0) is 20.2. The Morgan fingerprint density at radius 2 is 1.78 bits per heavy atom. The van der Waals surface area contributed by atoms with E-state index in [1.807, 2.05) is 26.0 Å². The van der Waals surface area contributed by atoms with Crippen LogP contribution < -0.4 is 9.62 Å². The van der Waals surface area contributed by atoms with Crippen LogP contribution in [0.1, 0.15) is 31.7 Å². The number of rotatable bonds is 7. The highest BCUT2D eigenvalue weighted by molar-refractivity contribution is 7.92. The van der Waals surface area contributed by atoms with E-state index < -0.39 is 27.6 Å². The molecule has 8 heteroatoms. The lowest BCUT2D eigenvalue weighted by Crippen LogP contribution is -2.33. The van der Waals surface area contributed by atoms with Gasteiger partial charge in [-0.25, -0.2) is 17.2 Å². The Morgan fingerprint density at radius 3 is 2.37 bits per heavy atom. The molecular formula is C19H22F2N2O3S. The van der Waals surface area contributed by atoms with Crippen molar-refractivity contribution in [2.24, 2.45) is 0 Å². The Labute approximate surface area is 158 Å². The van der Waals surface area contributed by atoms with Gasteiger partial charge in [-0.15, -0.1) is 0 Å². The van der Waals surface area contributed by atoms with Crippen molar-refractivity contribution in [1.29, 1.82) is 0 Å². The van der Waals surface area contributed by atoms with Gasteiger partial charge in [0, 0.05) is 24.7 Å². The fourth-order valence-electron chi connectivity index (χ4n) is 2.67. The van der Waals surface area contributed by atoms with Crippen LogP contribution in [0.25, 0.3) is 0 Å². The molecule has 0 spiro atoms. The van der Waals surface area contributed by atoms with E-state index in [1.54, 1.807) is 12.1 Å². The van der Waals surface area contributed by atoms with Crippen molar-refractivity contribution in [3.05, 3.63) is 59.7 Å². The number of nitrogens with zero attached hydrogens (tertiary/aromatic N) is 1. The van der Waals surface area contributed by atoms with Crippen LogP contribution in [-0.4, -0.2) is 27.1 Å². The minimum absolute atomic E-state index is 0.0714. The summed E-state index contributed by atoms with van der Waals surface area (Å²) in [6.07, 6.45) is 0.940. The van der Waals surface area contributed by atoms with Gasteiger partial charge < -0.3 is 5.32 Å². The number of hydrogen-bond acceptors (Lipinski definition) is 3. The Morgan fingerprint density at radius 1 is 1.11 bits per heavy atom. The Hall–Kier alpha value is -2.48. The molecular weight excluding hydrogens is 374 g/mol. The third-order valence-electron chi connectivity index (χ3n) is 3.97. The minimum atomic E-state index is -3.61. The normalized spacial score (nSPS) is 11.5. The average Bonchev–Trinajstić information content (AvgIpc) is 2.57. The smallest absolute Gasteiger partial charge is 0.232 e. The third kappa shape index (κ3) is 5.50. The molecule has 1 amide bonds. The van der Waals surface area contributed by atoms with Gasteiger partial charge in [0.15, 0.2) is 11.6 Å². The summed E-state index contributed by atoms with van der Waals surface area (Å²) >= 11 is 0. The molecule has 5 nitrogen and oxygen atoms in total. The van der Waals surface area contributed by atoms with Gasteiger partial charge in [0.25, 0.3) is 0 Å². The van der Waals surface area contributed by atoms with Crippen LogP contribution in [0.2, 0.25) is 0 Å². The second-order valence-corrected chi connectivity index (χ2v) is 8.38. The van der Waals surface area contributed by atoms with Gasteiger partial charge in [-0.2, -0.15) is 0 Å². The molecule has 146 valence electrons. The van der Waals surface area contributed by atoms with E-state index in [2.05, 4.69) is 5.32 Å². The zero-order valence-electron chi connectivity index (χ0n) is 15.4. The number of para-hydroxylation sites is 1. The van der Waals surface area contributed by atoms with Gasteiger partial charge in [-0.05, 0) is 29.7 Å². The summed E-state index contributed by atoms with van der Waals surface area (Å²) in [7, 11) is -3.61. The number of benzene rings is 2. The number of amides is 1. The van der Waals surface area contributed by atoms with E-state index in [0.717, 1.165) is 24.0 Å². The van der Waals surface area contributed by atoms with Crippen molar-refractivity contribution in [1.82, 2.24) is 0 Å². The Bertz CT molecular complexity index is 930. The standard InChI is InChI=1S/C19H22F2N2O3S/c1-13(2)15-6-4-5-7-18(15)23(27(3,25)26)11-10-19(24)22-14-8-9-16(20)17(21)12-14/h4-9,12-13H,10-11H2,1-3H3,(H,22,24). The molecule has 0 aromatic heterocycles. The van der Waals surface area contributed by atoms with Crippen molar-refractivity contribution in [2.75, 3.05) is 22.4 Å². The largest absolute Gasteiger partial charge is 0.326 e. The molecule has 0 fully saturated rings. The molecule has 27 heavy (non-hydrogen) atoms. The summed E-state index contributed by atoms with van der Waals surface area (Å²) in [5.41, 5.74) is 1.48. The molecule has 0 aliphatic rings. The molecule has 0 aliphatic heterocycles. The number of nitrogens with one attached hydrogen (secondary N) is 1. The highest BCUT2D eigenvalue weighted by atomic mass is 32.2. The first-order valence-corrected chi connectivity index (χ1v) is 10.3. The quantitative estimate of drug-likeness (QED) is 0.772. The molecule has 1 N–H and O–H groups in total. The Balaban J connectivity index is 2.16. The number of carbonyl (C=O) groups excluding carboxylic acids is 1. The van der Waals surface area contributed by atoms with Crippen molar-refractivity contribution < 1.29 is 22.0 Å². The second kappa shape index (κ2) is 8.47. The van der Waals surface area contributed by atoms with Crippen LogP contribution in [0.3, 0.4) is 0 Å². The summed E-state index contributed by atoms with van der Waals surface area (Å²) in [5, 5.41) is 2.44. The lowest BCUT2D eigenvalue weighted by Gasteiger charge is -2.26. The Kier molecular flexibility index (Phi) is 6.54. The molecule has 2 aromatic carbocycles. The van der Waals surface area contributed by atoms with Gasteiger partial charge >= 0.3 is 0 Å². The van der Waals surface area contributed by atoms with E-state index in [1.165, 1.54) is 10.4 Å². The van der Waals surface area contributed by atoms with E-state index in [-0.39, 0.29) is 24.6 Å². The van der Waals surface area contributed by atoms with Crippen LogP contribution in [0.4, 0.5) is 20.2 Å². The lowest BCUT2D eigenvalue weighted by atomic mass is 10.0. The lowest BCUT2D eigenvalue weighted by molar-refractivity contribution is -0.116. The van der Waals surface area contributed by atoms with E-state index >= 15 is 0 Å². The number of hydrogen-bond donors (Lipinski definition) is 1. The first-order chi connectivity index (χ1) is 12.6. The zero-order valence-corrected chi connectivity index (χ0v) is 16.2. The number of carbonyl (C=O) groups is 1. The molecule has 0 bridgehead atoms. The van der Waals surface area contributed by atoms with Gasteiger partial charge in [-0.1, -0.05) is 32.0 Å². The molecule has 2 aromatic rings. The minimum Gasteiger partial charge on any atom is -0.326 e. The molecule has 0 radical (unpaired) electrons. The first-order valence-electron chi connectivity index (χ1n) is 8.41. The first kappa shape index (κ1) is 20.8. The molecule has 0 atom stereocenters. The maximum atomic E-state index is 13.2. The maximum absolute atomic E-state index is 13.2. The third-order valence-corrected chi connectivity index (χ3v) is 5.15. The molecule has 0 saturated carbocycles. The predicted octanol–water partition coefficient (Wildman–Crippen LogP) is 3.88. The van der Waals surface area contributed by atoms with Gasteiger partial charge in [0.1, 0.15) is 0 Å². The topological polar surface area (TPSA) is 66.5 Å². The van der Waals surface area contributed by atoms with E-state index in [0.29, 0.717) is 5.69 Å². The van der Waals surface area contributed by atoms with Crippen molar-refractivity contribution in [3.8, 4) is 0 Å². The van der Waals surface area contributed by atoms with Crippen molar-refractivity contribution in [2.45, 2.75) is 26.2 Å². The predicted molar refractivity (Wildman–Crippen MR) is 102 cm³/mol. The van der Waals surface area contributed by atoms with Crippen molar-refractivity contribution >= 4 is 27.3 Å². The maximum Gasteiger partial charge on any atom is 0.232 e.